The first kappa shape index (κ1) is 23.4. The molecule has 0 bridgehead atoms. The molecule has 0 atom stereocenters. The van der Waals surface area contributed by atoms with Crippen molar-refractivity contribution in [2.24, 2.45) is 0 Å². The molecule has 1 aromatic heterocycles. The molecule has 1 aliphatic heterocycles. The molecule has 0 unspecified atom stereocenters. The summed E-state index contributed by atoms with van der Waals surface area (Å²) in [5.74, 6) is -0.537. The lowest BCUT2D eigenvalue weighted by atomic mass is 9.85. The number of sulfonamides is 1. The number of rotatable bonds is 5. The van der Waals surface area contributed by atoms with Crippen molar-refractivity contribution in [1.82, 2.24) is 24.2 Å². The molecule has 1 aliphatic rings. The number of hydrogen-bond donors (Lipinski definition) is 0. The minimum atomic E-state index is -3.58. The van der Waals surface area contributed by atoms with Crippen molar-refractivity contribution < 1.29 is 17.9 Å². The molecular weight excluding hydrogens is 418 g/mol. The number of piperazine rings is 1. The Kier molecular flexibility index (Phi) is 6.54. The fourth-order valence-electron chi connectivity index (χ4n) is 3.80. The predicted molar refractivity (Wildman–Crippen MR) is 116 cm³/mol. The Balaban J connectivity index is 1.70. The zero-order valence-electron chi connectivity index (χ0n) is 19.0. The van der Waals surface area contributed by atoms with Crippen LogP contribution in [0.3, 0.4) is 0 Å². The van der Waals surface area contributed by atoms with Gasteiger partial charge in [0.25, 0.3) is 0 Å². The molecule has 10 heteroatoms. The summed E-state index contributed by atoms with van der Waals surface area (Å²) in [7, 11) is -2.29. The number of hydrogen-bond acceptors (Lipinski definition) is 7. The molecule has 0 N–H and O–H groups in total. The number of methoxy groups -OCH3 is 1. The molecular formula is C21H31N5O4S. The van der Waals surface area contributed by atoms with Gasteiger partial charge >= 0.3 is 5.97 Å². The second kappa shape index (κ2) is 8.68. The van der Waals surface area contributed by atoms with Crippen LogP contribution < -0.4 is 0 Å². The largest absolute Gasteiger partial charge is 0.464 e. The van der Waals surface area contributed by atoms with Gasteiger partial charge < -0.3 is 4.74 Å². The molecule has 9 nitrogen and oxygen atoms in total. The quantitative estimate of drug-likeness (QED) is 0.644. The van der Waals surface area contributed by atoms with E-state index in [1.165, 1.54) is 13.3 Å². The highest BCUT2D eigenvalue weighted by Crippen LogP contribution is 2.31. The van der Waals surface area contributed by atoms with Crippen LogP contribution >= 0.6 is 0 Å². The lowest BCUT2D eigenvalue weighted by Crippen LogP contribution is -2.49. The minimum absolute atomic E-state index is 0.0431. The maximum atomic E-state index is 13.4. The number of carbonyl (C=O) groups is 1. The fourth-order valence-corrected chi connectivity index (χ4v) is 5.63. The van der Waals surface area contributed by atoms with Gasteiger partial charge in [-0.2, -0.15) is 4.31 Å². The van der Waals surface area contributed by atoms with Gasteiger partial charge in [-0.05, 0) is 36.0 Å². The predicted octanol–water partition coefficient (Wildman–Crippen LogP) is 1.94. The molecule has 0 radical (unpaired) electrons. The van der Waals surface area contributed by atoms with Crippen LogP contribution in [0.2, 0.25) is 0 Å². The van der Waals surface area contributed by atoms with Crippen molar-refractivity contribution in [2.45, 2.75) is 51.6 Å². The molecule has 0 saturated carbocycles. The molecule has 0 amide bonds. The van der Waals surface area contributed by atoms with Gasteiger partial charge in [0.05, 0.1) is 24.9 Å². The summed E-state index contributed by atoms with van der Waals surface area (Å²) in [6.45, 7) is 12.4. The van der Waals surface area contributed by atoms with E-state index in [1.54, 1.807) is 8.99 Å². The fraction of sp³-hybridized carbons (Fsp3) is 0.571. The van der Waals surface area contributed by atoms with E-state index in [0.29, 0.717) is 37.7 Å². The zero-order chi connectivity index (χ0) is 23.0. The maximum Gasteiger partial charge on any atom is 0.360 e. The monoisotopic (exact) mass is 449 g/mol. The highest BCUT2D eigenvalue weighted by molar-refractivity contribution is 7.89. The summed E-state index contributed by atoms with van der Waals surface area (Å²) in [5.41, 5.74) is 2.80. The zero-order valence-corrected chi connectivity index (χ0v) is 19.9. The third kappa shape index (κ3) is 4.97. The summed E-state index contributed by atoms with van der Waals surface area (Å²) in [6, 6.07) is 3.97. The summed E-state index contributed by atoms with van der Waals surface area (Å²) in [6.07, 6.45) is 1.53. The Morgan fingerprint density at radius 1 is 1.10 bits per heavy atom. The highest BCUT2D eigenvalue weighted by Gasteiger charge is 2.32. The smallest absolute Gasteiger partial charge is 0.360 e. The topological polar surface area (TPSA) is 97.6 Å². The Bertz CT molecular complexity index is 1040. The van der Waals surface area contributed by atoms with Crippen LogP contribution in [-0.2, 0) is 26.8 Å². The lowest BCUT2D eigenvalue weighted by Gasteiger charge is -2.34. The number of esters is 1. The summed E-state index contributed by atoms with van der Waals surface area (Å²) in [4.78, 5) is 14.0. The highest BCUT2D eigenvalue weighted by atomic mass is 32.2. The van der Waals surface area contributed by atoms with Crippen molar-refractivity contribution in [2.75, 3.05) is 33.3 Å². The number of nitrogens with zero attached hydrogens (tertiary/aromatic N) is 5. The number of aromatic nitrogens is 3. The van der Waals surface area contributed by atoms with Crippen LogP contribution in [0.4, 0.5) is 0 Å². The van der Waals surface area contributed by atoms with Crippen molar-refractivity contribution in [1.29, 1.82) is 0 Å². The Hall–Kier alpha value is -2.30. The van der Waals surface area contributed by atoms with Gasteiger partial charge in [0.15, 0.2) is 5.69 Å². The molecule has 0 aliphatic carbocycles. The van der Waals surface area contributed by atoms with Crippen LogP contribution in [0.15, 0.2) is 23.2 Å². The Morgan fingerprint density at radius 3 is 2.19 bits per heavy atom. The van der Waals surface area contributed by atoms with Crippen molar-refractivity contribution in [3.05, 3.63) is 40.7 Å². The van der Waals surface area contributed by atoms with E-state index in [1.807, 2.05) is 26.0 Å². The van der Waals surface area contributed by atoms with Crippen LogP contribution in [0.25, 0.3) is 0 Å². The number of carbonyl (C=O) groups excluding carboxylic acids is 1. The maximum absolute atomic E-state index is 13.4. The van der Waals surface area contributed by atoms with E-state index < -0.39 is 16.0 Å². The molecule has 2 aromatic rings. The van der Waals surface area contributed by atoms with E-state index in [2.05, 4.69) is 40.7 Å². The minimum Gasteiger partial charge on any atom is -0.464 e. The average molecular weight is 450 g/mol. The molecule has 31 heavy (non-hydrogen) atoms. The van der Waals surface area contributed by atoms with E-state index in [-0.39, 0.29) is 11.1 Å². The van der Waals surface area contributed by atoms with Gasteiger partial charge in [-0.25, -0.2) is 17.9 Å². The first-order valence-electron chi connectivity index (χ1n) is 10.3. The van der Waals surface area contributed by atoms with Gasteiger partial charge in [-0.3, -0.25) is 4.90 Å². The molecule has 1 aromatic carbocycles. The standard InChI is InChI=1S/C21H31N5O4S/c1-15-11-17(21(3,4)5)12-16(2)19(15)31(28,29)26-9-7-24(8-10-26)14-25-13-18(22-23-25)20(27)30-6/h11-13H,7-10,14H2,1-6H3. The van der Waals surface area contributed by atoms with Gasteiger partial charge in [-0.1, -0.05) is 38.1 Å². The van der Waals surface area contributed by atoms with Gasteiger partial charge in [0.1, 0.15) is 0 Å². The first-order chi connectivity index (χ1) is 14.4. The number of aryl methyl sites for hydroxylation is 2. The molecule has 2 heterocycles. The summed E-state index contributed by atoms with van der Waals surface area (Å²) < 4.78 is 34.5. The molecule has 1 fully saturated rings. The van der Waals surface area contributed by atoms with Crippen LogP contribution in [0.5, 0.6) is 0 Å². The van der Waals surface area contributed by atoms with Gasteiger partial charge in [-0.15, -0.1) is 5.10 Å². The second-order valence-electron chi connectivity index (χ2n) is 8.99. The van der Waals surface area contributed by atoms with E-state index in [9.17, 15) is 13.2 Å². The molecule has 0 spiro atoms. The van der Waals surface area contributed by atoms with Crippen molar-refractivity contribution in [3.63, 3.8) is 0 Å². The number of benzene rings is 1. The lowest BCUT2D eigenvalue weighted by molar-refractivity contribution is 0.0593. The van der Waals surface area contributed by atoms with Gasteiger partial charge in [0, 0.05) is 26.2 Å². The van der Waals surface area contributed by atoms with Crippen LogP contribution in [-0.4, -0.2) is 71.9 Å². The van der Waals surface area contributed by atoms with Crippen molar-refractivity contribution in [3.8, 4) is 0 Å². The third-order valence-corrected chi connectivity index (χ3v) is 7.74. The Morgan fingerprint density at radius 2 is 1.68 bits per heavy atom. The van der Waals surface area contributed by atoms with Crippen LogP contribution in [0.1, 0.15) is 48.0 Å². The second-order valence-corrected chi connectivity index (χ2v) is 10.9. The molecule has 170 valence electrons. The van der Waals surface area contributed by atoms with Gasteiger partial charge in [0.2, 0.25) is 10.0 Å². The van der Waals surface area contributed by atoms with Crippen LogP contribution in [0, 0.1) is 13.8 Å². The van der Waals surface area contributed by atoms with E-state index >= 15 is 0 Å². The third-order valence-electron chi connectivity index (χ3n) is 5.53. The Labute approximate surface area is 184 Å². The summed E-state index contributed by atoms with van der Waals surface area (Å²) >= 11 is 0. The van der Waals surface area contributed by atoms with E-state index in [0.717, 1.165) is 16.7 Å². The summed E-state index contributed by atoms with van der Waals surface area (Å²) in [5, 5.41) is 7.73. The van der Waals surface area contributed by atoms with E-state index in [4.69, 9.17) is 0 Å². The molecule has 3 rings (SSSR count). The molecule has 1 saturated heterocycles. The normalized spacial score (nSPS) is 16.5. The SMILES string of the molecule is COC(=O)c1cn(CN2CCN(S(=O)(=O)c3c(C)cc(C(C)(C)C)cc3C)CC2)nn1. The van der Waals surface area contributed by atoms with Crippen molar-refractivity contribution >= 4 is 16.0 Å². The number of ether oxygens (including phenoxy) is 1. The average Bonchev–Trinajstić information content (AvgIpc) is 3.15. The first-order valence-corrected chi connectivity index (χ1v) is 11.7.